The smallest absolute Gasteiger partial charge is 0.257 e. The molecule has 1 N–H and O–H groups in total. The Morgan fingerprint density at radius 1 is 1.39 bits per heavy atom. The first-order chi connectivity index (χ1) is 8.58. The van der Waals surface area contributed by atoms with E-state index in [4.69, 9.17) is 12.2 Å². The molecular formula is C13H15BrN2OS. The van der Waals surface area contributed by atoms with Crippen molar-refractivity contribution < 1.29 is 4.79 Å². The van der Waals surface area contributed by atoms with Crippen LogP contribution in [0.3, 0.4) is 0 Å². The van der Waals surface area contributed by atoms with Crippen molar-refractivity contribution in [2.75, 3.05) is 13.1 Å². The molecule has 2 rings (SSSR count). The van der Waals surface area contributed by atoms with Gasteiger partial charge in [0.15, 0.2) is 5.11 Å². The maximum Gasteiger partial charge on any atom is 0.257 e. The highest BCUT2D eigenvalue weighted by Crippen LogP contribution is 2.17. The normalized spacial score (nSPS) is 14.7. The van der Waals surface area contributed by atoms with E-state index >= 15 is 0 Å². The molecule has 0 spiro atoms. The molecule has 1 heterocycles. The second-order valence-electron chi connectivity index (χ2n) is 4.42. The Balaban J connectivity index is 2.02. The number of rotatable bonds is 1. The highest BCUT2D eigenvalue weighted by atomic mass is 79.9. The van der Waals surface area contributed by atoms with Gasteiger partial charge in [0.2, 0.25) is 0 Å². The molecule has 1 aromatic rings. The van der Waals surface area contributed by atoms with Crippen LogP contribution >= 0.6 is 28.1 Å². The van der Waals surface area contributed by atoms with Crippen molar-refractivity contribution in [1.29, 1.82) is 0 Å². The lowest BCUT2D eigenvalue weighted by atomic mass is 10.1. The number of nitrogens with one attached hydrogen (secondary N) is 1. The molecule has 0 bridgehead atoms. The van der Waals surface area contributed by atoms with Crippen LogP contribution in [0, 0.1) is 6.92 Å². The van der Waals surface area contributed by atoms with Gasteiger partial charge < -0.3 is 4.90 Å². The number of carbonyl (C=O) groups excluding carboxylic acids is 1. The summed E-state index contributed by atoms with van der Waals surface area (Å²) in [4.78, 5) is 14.1. The standard InChI is InChI=1S/C13H15BrN2OS/c1-9-4-5-10(8-11(9)14)12(17)15-13(18)16-6-2-3-7-16/h4-5,8H,2-3,6-7H2,1H3,(H,15,17,18). The Hall–Kier alpha value is -0.940. The van der Waals surface area contributed by atoms with Gasteiger partial charge in [-0.25, -0.2) is 0 Å². The SMILES string of the molecule is Cc1ccc(C(=O)NC(=S)N2CCCC2)cc1Br. The number of halogens is 1. The highest BCUT2D eigenvalue weighted by Gasteiger charge is 2.17. The number of hydrogen-bond acceptors (Lipinski definition) is 2. The quantitative estimate of drug-likeness (QED) is 0.805. The molecule has 5 heteroatoms. The molecule has 1 saturated heterocycles. The molecule has 0 unspecified atom stereocenters. The zero-order valence-corrected chi connectivity index (χ0v) is 12.6. The fourth-order valence-electron chi connectivity index (χ4n) is 1.90. The topological polar surface area (TPSA) is 32.3 Å². The summed E-state index contributed by atoms with van der Waals surface area (Å²) in [6.45, 7) is 3.87. The summed E-state index contributed by atoms with van der Waals surface area (Å²) in [7, 11) is 0. The van der Waals surface area contributed by atoms with E-state index in [0.717, 1.165) is 36.0 Å². The molecule has 1 aromatic carbocycles. The fourth-order valence-corrected chi connectivity index (χ4v) is 2.56. The van der Waals surface area contributed by atoms with E-state index in [1.165, 1.54) is 0 Å². The number of hydrogen-bond donors (Lipinski definition) is 1. The molecular weight excluding hydrogens is 312 g/mol. The largest absolute Gasteiger partial charge is 0.349 e. The molecule has 1 aliphatic rings. The van der Waals surface area contributed by atoms with Crippen LogP contribution in [0.25, 0.3) is 0 Å². The zero-order chi connectivity index (χ0) is 13.1. The van der Waals surface area contributed by atoms with Gasteiger partial charge in [-0.3, -0.25) is 10.1 Å². The Bertz CT molecular complexity index is 484. The molecule has 0 aromatic heterocycles. The van der Waals surface area contributed by atoms with Crippen molar-refractivity contribution in [3.63, 3.8) is 0 Å². The third-order valence-corrected chi connectivity index (χ3v) is 4.26. The van der Waals surface area contributed by atoms with E-state index in [1.54, 1.807) is 0 Å². The van der Waals surface area contributed by atoms with Crippen molar-refractivity contribution >= 4 is 39.2 Å². The first-order valence-corrected chi connectivity index (χ1v) is 7.14. The van der Waals surface area contributed by atoms with Crippen molar-refractivity contribution in [3.05, 3.63) is 33.8 Å². The summed E-state index contributed by atoms with van der Waals surface area (Å²) in [6, 6.07) is 5.54. The molecule has 1 amide bonds. The predicted molar refractivity (Wildman–Crippen MR) is 79.8 cm³/mol. The number of amides is 1. The van der Waals surface area contributed by atoms with Crippen LogP contribution in [0.5, 0.6) is 0 Å². The Morgan fingerprint density at radius 3 is 2.67 bits per heavy atom. The number of carbonyl (C=O) groups is 1. The van der Waals surface area contributed by atoms with Crippen LogP contribution in [0.2, 0.25) is 0 Å². The van der Waals surface area contributed by atoms with Crippen LogP contribution in [0.1, 0.15) is 28.8 Å². The minimum atomic E-state index is -0.146. The maximum atomic E-state index is 12.0. The average molecular weight is 327 g/mol. The summed E-state index contributed by atoms with van der Waals surface area (Å²) >= 11 is 8.65. The number of benzene rings is 1. The number of thiocarbonyl (C=S) groups is 1. The maximum absolute atomic E-state index is 12.0. The van der Waals surface area contributed by atoms with Crippen LogP contribution < -0.4 is 5.32 Å². The lowest BCUT2D eigenvalue weighted by Crippen LogP contribution is -2.41. The monoisotopic (exact) mass is 326 g/mol. The van der Waals surface area contributed by atoms with Crippen molar-refractivity contribution in [3.8, 4) is 0 Å². The van der Waals surface area contributed by atoms with Gasteiger partial charge in [-0.2, -0.15) is 0 Å². The predicted octanol–water partition coefficient (Wildman–Crippen LogP) is 2.87. The van der Waals surface area contributed by atoms with Gasteiger partial charge in [0.1, 0.15) is 0 Å². The third-order valence-electron chi connectivity index (χ3n) is 3.05. The van der Waals surface area contributed by atoms with E-state index in [1.807, 2.05) is 30.0 Å². The van der Waals surface area contributed by atoms with Crippen LogP contribution in [-0.4, -0.2) is 29.0 Å². The Labute approximate surface area is 121 Å². The first kappa shape index (κ1) is 13.5. The van der Waals surface area contributed by atoms with E-state index in [2.05, 4.69) is 21.2 Å². The van der Waals surface area contributed by atoms with Crippen molar-refractivity contribution in [1.82, 2.24) is 10.2 Å². The van der Waals surface area contributed by atoms with E-state index in [-0.39, 0.29) is 5.91 Å². The van der Waals surface area contributed by atoms with Gasteiger partial charge in [0.25, 0.3) is 5.91 Å². The minimum Gasteiger partial charge on any atom is -0.349 e. The minimum absolute atomic E-state index is 0.146. The lowest BCUT2D eigenvalue weighted by molar-refractivity contribution is 0.0974. The van der Waals surface area contributed by atoms with Crippen molar-refractivity contribution in [2.24, 2.45) is 0 Å². The Morgan fingerprint density at radius 2 is 2.06 bits per heavy atom. The van der Waals surface area contributed by atoms with Crippen molar-refractivity contribution in [2.45, 2.75) is 19.8 Å². The van der Waals surface area contributed by atoms with Crippen LogP contribution in [-0.2, 0) is 0 Å². The van der Waals surface area contributed by atoms with Crippen LogP contribution in [0.4, 0.5) is 0 Å². The zero-order valence-electron chi connectivity index (χ0n) is 10.2. The summed E-state index contributed by atoms with van der Waals surface area (Å²) in [5.41, 5.74) is 1.72. The van der Waals surface area contributed by atoms with Gasteiger partial charge in [0, 0.05) is 23.1 Å². The summed E-state index contributed by atoms with van der Waals surface area (Å²) in [6.07, 6.45) is 2.29. The van der Waals surface area contributed by atoms with Crippen LogP contribution in [0.15, 0.2) is 22.7 Å². The molecule has 1 aliphatic heterocycles. The molecule has 96 valence electrons. The average Bonchev–Trinajstić information content (AvgIpc) is 2.86. The summed E-state index contributed by atoms with van der Waals surface area (Å²) < 4.78 is 0.933. The fraction of sp³-hybridized carbons (Fsp3) is 0.385. The molecule has 3 nitrogen and oxygen atoms in total. The molecule has 18 heavy (non-hydrogen) atoms. The summed E-state index contributed by atoms with van der Waals surface area (Å²) in [5, 5.41) is 3.32. The van der Waals surface area contributed by atoms with Gasteiger partial charge >= 0.3 is 0 Å². The van der Waals surface area contributed by atoms with E-state index in [9.17, 15) is 4.79 Å². The number of nitrogens with zero attached hydrogens (tertiary/aromatic N) is 1. The molecule has 0 aliphatic carbocycles. The molecule has 0 atom stereocenters. The second kappa shape index (κ2) is 5.80. The summed E-state index contributed by atoms with van der Waals surface area (Å²) in [5.74, 6) is -0.146. The van der Waals surface area contributed by atoms with Gasteiger partial charge in [-0.1, -0.05) is 22.0 Å². The number of likely N-dealkylation sites (tertiary alicyclic amines) is 1. The first-order valence-electron chi connectivity index (χ1n) is 5.94. The lowest BCUT2D eigenvalue weighted by Gasteiger charge is -2.18. The molecule has 0 saturated carbocycles. The Kier molecular flexibility index (Phi) is 4.35. The van der Waals surface area contributed by atoms with E-state index in [0.29, 0.717) is 10.7 Å². The van der Waals surface area contributed by atoms with Gasteiger partial charge in [-0.05, 0) is 49.7 Å². The molecule has 1 fully saturated rings. The highest BCUT2D eigenvalue weighted by molar-refractivity contribution is 9.10. The third kappa shape index (κ3) is 3.09. The van der Waals surface area contributed by atoms with Gasteiger partial charge in [-0.15, -0.1) is 0 Å². The molecule has 0 radical (unpaired) electrons. The van der Waals surface area contributed by atoms with E-state index < -0.39 is 0 Å². The number of aryl methyl sites for hydroxylation is 1. The second-order valence-corrected chi connectivity index (χ2v) is 5.66. The van der Waals surface area contributed by atoms with Gasteiger partial charge in [0.05, 0.1) is 0 Å².